The first-order chi connectivity index (χ1) is 10.6. The number of halogens is 1. The highest BCUT2D eigenvalue weighted by molar-refractivity contribution is 9.10. The average molecular weight is 364 g/mol. The largest absolute Gasteiger partial charge is 0.490 e. The SMILES string of the molecule is CCOc1cc(Br)c(CNc2ccc(C)cc2)cc1OCC. The first-order valence-corrected chi connectivity index (χ1v) is 8.31. The van der Waals surface area contributed by atoms with Gasteiger partial charge in [0, 0.05) is 16.7 Å². The highest BCUT2D eigenvalue weighted by atomic mass is 79.9. The molecule has 0 amide bonds. The van der Waals surface area contributed by atoms with E-state index < -0.39 is 0 Å². The molecule has 3 nitrogen and oxygen atoms in total. The van der Waals surface area contributed by atoms with Gasteiger partial charge < -0.3 is 14.8 Å². The van der Waals surface area contributed by atoms with Gasteiger partial charge in [-0.2, -0.15) is 0 Å². The highest BCUT2D eigenvalue weighted by Crippen LogP contribution is 2.34. The molecule has 0 fully saturated rings. The summed E-state index contributed by atoms with van der Waals surface area (Å²) in [5.41, 5.74) is 3.49. The maximum atomic E-state index is 5.68. The maximum Gasteiger partial charge on any atom is 0.162 e. The summed E-state index contributed by atoms with van der Waals surface area (Å²) in [5.74, 6) is 1.56. The predicted octanol–water partition coefficient (Wildman–Crippen LogP) is 5.17. The highest BCUT2D eigenvalue weighted by Gasteiger charge is 2.10. The molecule has 0 saturated heterocycles. The Hall–Kier alpha value is -1.68. The third-order valence-corrected chi connectivity index (χ3v) is 3.99. The molecule has 2 aromatic carbocycles. The molecule has 0 atom stereocenters. The molecule has 22 heavy (non-hydrogen) atoms. The van der Waals surface area contributed by atoms with E-state index in [0.717, 1.165) is 33.8 Å². The van der Waals surface area contributed by atoms with Crippen LogP contribution in [0.3, 0.4) is 0 Å². The Bertz CT molecular complexity index is 611. The molecule has 0 unspecified atom stereocenters. The predicted molar refractivity (Wildman–Crippen MR) is 95.0 cm³/mol. The second-order valence-corrected chi connectivity index (χ2v) is 5.83. The quantitative estimate of drug-likeness (QED) is 0.736. The summed E-state index contributed by atoms with van der Waals surface area (Å²) in [6, 6.07) is 12.4. The summed E-state index contributed by atoms with van der Waals surface area (Å²) in [6.45, 7) is 7.98. The number of nitrogens with one attached hydrogen (secondary N) is 1. The van der Waals surface area contributed by atoms with Gasteiger partial charge in [0.15, 0.2) is 11.5 Å². The number of rotatable bonds is 7. The average Bonchev–Trinajstić information content (AvgIpc) is 2.50. The minimum atomic E-state index is 0.618. The van der Waals surface area contributed by atoms with Crippen LogP contribution in [0, 0.1) is 6.92 Å². The molecule has 4 heteroatoms. The van der Waals surface area contributed by atoms with Crippen LogP contribution in [-0.4, -0.2) is 13.2 Å². The van der Waals surface area contributed by atoms with Gasteiger partial charge in [-0.1, -0.05) is 33.6 Å². The molecule has 0 radical (unpaired) electrons. The van der Waals surface area contributed by atoms with Crippen molar-refractivity contribution in [3.05, 3.63) is 52.0 Å². The summed E-state index contributed by atoms with van der Waals surface area (Å²) in [7, 11) is 0. The van der Waals surface area contributed by atoms with E-state index in [-0.39, 0.29) is 0 Å². The number of hydrogen-bond acceptors (Lipinski definition) is 3. The van der Waals surface area contributed by atoms with Crippen molar-refractivity contribution in [2.75, 3.05) is 18.5 Å². The van der Waals surface area contributed by atoms with E-state index in [0.29, 0.717) is 13.2 Å². The van der Waals surface area contributed by atoms with Gasteiger partial charge in [-0.05, 0) is 50.6 Å². The normalized spacial score (nSPS) is 10.4. The topological polar surface area (TPSA) is 30.5 Å². The van der Waals surface area contributed by atoms with Crippen molar-refractivity contribution in [3.8, 4) is 11.5 Å². The molecular weight excluding hydrogens is 342 g/mol. The Morgan fingerprint density at radius 3 is 2.14 bits per heavy atom. The van der Waals surface area contributed by atoms with E-state index in [1.807, 2.05) is 26.0 Å². The van der Waals surface area contributed by atoms with Gasteiger partial charge in [-0.15, -0.1) is 0 Å². The molecule has 1 N–H and O–H groups in total. The molecule has 0 spiro atoms. The number of anilines is 1. The molecule has 0 aromatic heterocycles. The van der Waals surface area contributed by atoms with Crippen LogP contribution >= 0.6 is 15.9 Å². The number of hydrogen-bond donors (Lipinski definition) is 1. The molecule has 118 valence electrons. The summed E-state index contributed by atoms with van der Waals surface area (Å²) in [4.78, 5) is 0. The standard InChI is InChI=1S/C18H22BrNO2/c1-4-21-17-10-14(16(19)11-18(17)22-5-2)12-20-15-8-6-13(3)7-9-15/h6-11,20H,4-5,12H2,1-3H3. The Labute approximate surface area is 140 Å². The maximum absolute atomic E-state index is 5.68. The van der Waals surface area contributed by atoms with E-state index in [2.05, 4.69) is 52.4 Å². The van der Waals surface area contributed by atoms with Crippen LogP contribution in [0.5, 0.6) is 11.5 Å². The van der Waals surface area contributed by atoms with Crippen molar-refractivity contribution < 1.29 is 9.47 Å². The van der Waals surface area contributed by atoms with Gasteiger partial charge in [0.2, 0.25) is 0 Å². The number of ether oxygens (including phenoxy) is 2. The lowest BCUT2D eigenvalue weighted by Gasteiger charge is -2.15. The molecule has 0 bridgehead atoms. The van der Waals surface area contributed by atoms with E-state index in [9.17, 15) is 0 Å². The zero-order chi connectivity index (χ0) is 15.9. The van der Waals surface area contributed by atoms with Crippen LogP contribution in [0.25, 0.3) is 0 Å². The van der Waals surface area contributed by atoms with Gasteiger partial charge in [0.1, 0.15) is 0 Å². The Morgan fingerprint density at radius 2 is 1.55 bits per heavy atom. The lowest BCUT2D eigenvalue weighted by Crippen LogP contribution is -2.03. The number of aryl methyl sites for hydroxylation is 1. The fourth-order valence-corrected chi connectivity index (χ4v) is 2.58. The Kier molecular flexibility index (Phi) is 6.13. The molecule has 0 aliphatic carbocycles. The molecule has 0 saturated carbocycles. The third kappa shape index (κ3) is 4.41. The van der Waals surface area contributed by atoms with Crippen LogP contribution in [0.15, 0.2) is 40.9 Å². The van der Waals surface area contributed by atoms with Crippen molar-refractivity contribution in [1.82, 2.24) is 0 Å². The van der Waals surface area contributed by atoms with Crippen LogP contribution in [-0.2, 0) is 6.54 Å². The molecule has 0 heterocycles. The molecule has 2 aromatic rings. The summed E-state index contributed by atoms with van der Waals surface area (Å²) >= 11 is 3.61. The van der Waals surface area contributed by atoms with Gasteiger partial charge in [-0.25, -0.2) is 0 Å². The van der Waals surface area contributed by atoms with Crippen LogP contribution in [0.2, 0.25) is 0 Å². The summed E-state index contributed by atoms with van der Waals surface area (Å²) < 4.78 is 12.3. The Morgan fingerprint density at radius 1 is 0.955 bits per heavy atom. The zero-order valence-corrected chi connectivity index (χ0v) is 14.9. The van der Waals surface area contributed by atoms with E-state index in [1.165, 1.54) is 5.56 Å². The molecular formula is C18H22BrNO2. The van der Waals surface area contributed by atoms with Gasteiger partial charge in [0.05, 0.1) is 13.2 Å². The minimum absolute atomic E-state index is 0.618. The van der Waals surface area contributed by atoms with Gasteiger partial charge in [-0.3, -0.25) is 0 Å². The second kappa shape index (κ2) is 8.08. The van der Waals surface area contributed by atoms with E-state index in [1.54, 1.807) is 0 Å². The number of benzene rings is 2. The first-order valence-electron chi connectivity index (χ1n) is 7.52. The second-order valence-electron chi connectivity index (χ2n) is 4.98. The molecule has 0 aliphatic heterocycles. The summed E-state index contributed by atoms with van der Waals surface area (Å²) in [5, 5.41) is 3.42. The lowest BCUT2D eigenvalue weighted by molar-refractivity contribution is 0.287. The van der Waals surface area contributed by atoms with Crippen molar-refractivity contribution in [3.63, 3.8) is 0 Å². The van der Waals surface area contributed by atoms with Crippen LogP contribution in [0.4, 0.5) is 5.69 Å². The fourth-order valence-electron chi connectivity index (χ4n) is 2.12. The van der Waals surface area contributed by atoms with Crippen molar-refractivity contribution in [2.45, 2.75) is 27.3 Å². The zero-order valence-electron chi connectivity index (χ0n) is 13.3. The van der Waals surface area contributed by atoms with Crippen molar-refractivity contribution >= 4 is 21.6 Å². The summed E-state index contributed by atoms with van der Waals surface area (Å²) in [6.07, 6.45) is 0. The van der Waals surface area contributed by atoms with Crippen molar-refractivity contribution in [1.29, 1.82) is 0 Å². The molecule has 0 aliphatic rings. The Balaban J connectivity index is 2.15. The van der Waals surface area contributed by atoms with E-state index >= 15 is 0 Å². The minimum Gasteiger partial charge on any atom is -0.490 e. The van der Waals surface area contributed by atoms with Crippen molar-refractivity contribution in [2.24, 2.45) is 0 Å². The third-order valence-electron chi connectivity index (χ3n) is 3.25. The van der Waals surface area contributed by atoms with Gasteiger partial charge >= 0.3 is 0 Å². The van der Waals surface area contributed by atoms with Crippen LogP contribution < -0.4 is 14.8 Å². The monoisotopic (exact) mass is 363 g/mol. The first kappa shape index (κ1) is 16.7. The fraction of sp³-hybridized carbons (Fsp3) is 0.333. The van der Waals surface area contributed by atoms with Gasteiger partial charge in [0.25, 0.3) is 0 Å². The lowest BCUT2D eigenvalue weighted by atomic mass is 10.2. The smallest absolute Gasteiger partial charge is 0.162 e. The van der Waals surface area contributed by atoms with Crippen LogP contribution in [0.1, 0.15) is 25.0 Å². The van der Waals surface area contributed by atoms with E-state index in [4.69, 9.17) is 9.47 Å². The molecule has 2 rings (SSSR count).